The van der Waals surface area contributed by atoms with E-state index in [4.69, 9.17) is 4.74 Å². The van der Waals surface area contributed by atoms with Crippen LogP contribution in [0.1, 0.15) is 16.7 Å². The van der Waals surface area contributed by atoms with Crippen molar-refractivity contribution in [1.29, 1.82) is 0 Å². The Morgan fingerprint density at radius 2 is 2.04 bits per heavy atom. The minimum absolute atomic E-state index is 0.00304. The Morgan fingerprint density at radius 3 is 2.85 bits per heavy atom. The van der Waals surface area contributed by atoms with E-state index in [-0.39, 0.29) is 18.1 Å². The number of aromatic nitrogens is 1. The second kappa shape index (κ2) is 7.74. The Morgan fingerprint density at radius 1 is 1.26 bits per heavy atom. The minimum Gasteiger partial charge on any atom is -0.508 e. The lowest BCUT2D eigenvalue weighted by atomic mass is 10.0. The van der Waals surface area contributed by atoms with Gasteiger partial charge in [-0.15, -0.1) is 0 Å². The molecule has 0 spiro atoms. The Kier molecular flexibility index (Phi) is 5.21. The number of hydrazone groups is 1. The van der Waals surface area contributed by atoms with Crippen molar-refractivity contribution in [2.75, 3.05) is 6.61 Å². The van der Waals surface area contributed by atoms with Crippen molar-refractivity contribution >= 4 is 23.0 Å². The lowest BCUT2D eigenvalue weighted by Crippen LogP contribution is -2.24. The van der Waals surface area contributed by atoms with Gasteiger partial charge in [0, 0.05) is 22.7 Å². The number of ether oxygens (including phenoxy) is 1. The summed E-state index contributed by atoms with van der Waals surface area (Å²) in [5.41, 5.74) is 4.43. The van der Waals surface area contributed by atoms with Crippen molar-refractivity contribution in [1.82, 2.24) is 10.4 Å². The molecule has 0 atom stereocenters. The first-order valence-electron chi connectivity index (χ1n) is 8.28. The molecule has 0 unspecified atom stereocenters. The second-order valence-electron chi connectivity index (χ2n) is 6.01. The highest BCUT2D eigenvalue weighted by Gasteiger charge is 2.11. The normalized spacial score (nSPS) is 11.0. The van der Waals surface area contributed by atoms with Gasteiger partial charge in [0.2, 0.25) is 0 Å². The molecule has 3 N–H and O–H groups in total. The summed E-state index contributed by atoms with van der Waals surface area (Å²) < 4.78 is 5.54. The van der Waals surface area contributed by atoms with Gasteiger partial charge in [0.05, 0.1) is 6.21 Å². The maximum atomic E-state index is 12.0. The van der Waals surface area contributed by atoms with Gasteiger partial charge in [-0.25, -0.2) is 5.43 Å². The molecular weight excluding hydrogens is 346 g/mol. The maximum Gasteiger partial charge on any atom is 0.277 e. The molecule has 1 heterocycles. The van der Waals surface area contributed by atoms with Gasteiger partial charge in [0.1, 0.15) is 22.8 Å². The number of phenols is 2. The number of hydrogen-bond acceptors (Lipinski definition) is 6. The van der Waals surface area contributed by atoms with Gasteiger partial charge in [0.25, 0.3) is 5.91 Å². The molecule has 1 aromatic heterocycles. The molecule has 138 valence electrons. The van der Waals surface area contributed by atoms with Gasteiger partial charge < -0.3 is 14.9 Å². The van der Waals surface area contributed by atoms with Gasteiger partial charge in [0.15, 0.2) is 6.61 Å². The third-order valence-corrected chi connectivity index (χ3v) is 4.11. The fraction of sp³-hybridized carbons (Fsp3) is 0.150. The van der Waals surface area contributed by atoms with Crippen LogP contribution >= 0.6 is 0 Å². The zero-order valence-corrected chi connectivity index (χ0v) is 14.9. The van der Waals surface area contributed by atoms with Crippen LogP contribution in [0.15, 0.2) is 47.7 Å². The fourth-order valence-electron chi connectivity index (χ4n) is 2.60. The van der Waals surface area contributed by atoms with Crippen LogP contribution in [0, 0.1) is 13.8 Å². The molecule has 0 aliphatic carbocycles. The van der Waals surface area contributed by atoms with E-state index in [9.17, 15) is 15.0 Å². The zero-order chi connectivity index (χ0) is 19.4. The number of phenolic OH excluding ortho intramolecular Hbond substituents is 2. The van der Waals surface area contributed by atoms with Crippen LogP contribution in [0.2, 0.25) is 0 Å². The number of nitrogens with zero attached hydrogens (tertiary/aromatic N) is 2. The van der Waals surface area contributed by atoms with Crippen molar-refractivity contribution < 1.29 is 19.7 Å². The van der Waals surface area contributed by atoms with Crippen LogP contribution in [0.25, 0.3) is 10.9 Å². The molecule has 0 radical (unpaired) electrons. The standard InChI is InChI=1S/C20H19N3O4/c1-12-9-16(24)13(2)20(26)15(12)10-22-23-18(25)11-27-17-7-3-5-14-6-4-8-21-19(14)17/h3-10,24,26H,11H2,1-2H3,(H,23,25)/b22-10+. The summed E-state index contributed by atoms with van der Waals surface area (Å²) in [6.07, 6.45) is 2.99. The van der Waals surface area contributed by atoms with Crippen molar-refractivity contribution in [2.24, 2.45) is 5.10 Å². The average Bonchev–Trinajstić information content (AvgIpc) is 2.67. The van der Waals surface area contributed by atoms with Crippen molar-refractivity contribution in [3.8, 4) is 17.2 Å². The number of amides is 1. The Hall–Kier alpha value is -3.61. The van der Waals surface area contributed by atoms with Gasteiger partial charge in [-0.1, -0.05) is 18.2 Å². The number of aryl methyl sites for hydroxylation is 1. The van der Waals surface area contributed by atoms with Crippen LogP contribution in [-0.4, -0.2) is 33.9 Å². The fourth-order valence-corrected chi connectivity index (χ4v) is 2.60. The number of rotatable bonds is 5. The second-order valence-corrected chi connectivity index (χ2v) is 6.01. The van der Waals surface area contributed by atoms with Crippen molar-refractivity contribution in [2.45, 2.75) is 13.8 Å². The molecular formula is C20H19N3O4. The molecule has 3 rings (SSSR count). The first-order chi connectivity index (χ1) is 13.0. The van der Waals surface area contributed by atoms with E-state index in [1.54, 1.807) is 26.1 Å². The molecule has 0 bridgehead atoms. The van der Waals surface area contributed by atoms with Gasteiger partial charge in [-0.2, -0.15) is 5.10 Å². The molecule has 1 amide bonds. The number of benzene rings is 2. The van der Waals surface area contributed by atoms with Crippen LogP contribution in [0.3, 0.4) is 0 Å². The third-order valence-electron chi connectivity index (χ3n) is 4.11. The predicted octanol–water partition coefficient (Wildman–Crippen LogP) is 2.79. The van der Waals surface area contributed by atoms with Crippen LogP contribution in [-0.2, 0) is 4.79 Å². The summed E-state index contributed by atoms with van der Waals surface area (Å²) >= 11 is 0. The quantitative estimate of drug-likeness (QED) is 0.476. The molecule has 7 heteroatoms. The number of nitrogens with one attached hydrogen (secondary N) is 1. The smallest absolute Gasteiger partial charge is 0.277 e. The van der Waals surface area contributed by atoms with E-state index in [1.807, 2.05) is 24.3 Å². The minimum atomic E-state index is -0.452. The van der Waals surface area contributed by atoms with E-state index >= 15 is 0 Å². The number of aromatic hydroxyl groups is 2. The summed E-state index contributed by atoms with van der Waals surface area (Å²) in [6.45, 7) is 3.08. The molecule has 27 heavy (non-hydrogen) atoms. The topological polar surface area (TPSA) is 104 Å². The summed E-state index contributed by atoms with van der Waals surface area (Å²) in [7, 11) is 0. The molecule has 0 aliphatic heterocycles. The Bertz CT molecular complexity index is 1030. The molecule has 0 saturated heterocycles. The first-order valence-corrected chi connectivity index (χ1v) is 8.28. The molecule has 7 nitrogen and oxygen atoms in total. The lowest BCUT2D eigenvalue weighted by Gasteiger charge is -2.09. The Labute approximate surface area is 155 Å². The van der Waals surface area contributed by atoms with E-state index in [1.165, 1.54) is 12.3 Å². The van der Waals surface area contributed by atoms with E-state index in [2.05, 4.69) is 15.5 Å². The van der Waals surface area contributed by atoms with Crippen LogP contribution in [0.5, 0.6) is 17.2 Å². The zero-order valence-electron chi connectivity index (χ0n) is 14.9. The first kappa shape index (κ1) is 18.2. The number of carbonyl (C=O) groups excluding carboxylic acids is 1. The van der Waals surface area contributed by atoms with Crippen molar-refractivity contribution in [3.63, 3.8) is 0 Å². The number of pyridine rings is 1. The number of fused-ring (bicyclic) bond motifs is 1. The molecule has 0 saturated carbocycles. The SMILES string of the molecule is Cc1cc(O)c(C)c(O)c1/C=N/NC(=O)COc1cccc2cccnc12. The summed E-state index contributed by atoms with van der Waals surface area (Å²) in [4.78, 5) is 16.2. The maximum absolute atomic E-state index is 12.0. The third kappa shape index (κ3) is 3.98. The predicted molar refractivity (Wildman–Crippen MR) is 102 cm³/mol. The highest BCUT2D eigenvalue weighted by molar-refractivity contribution is 5.88. The molecule has 3 aromatic rings. The summed E-state index contributed by atoms with van der Waals surface area (Å²) in [5, 5.41) is 24.5. The number of hydrogen-bond donors (Lipinski definition) is 3. The highest BCUT2D eigenvalue weighted by Crippen LogP contribution is 2.31. The summed E-state index contributed by atoms with van der Waals surface area (Å²) in [5.74, 6) is -0.0198. The lowest BCUT2D eigenvalue weighted by molar-refractivity contribution is -0.123. The summed E-state index contributed by atoms with van der Waals surface area (Å²) in [6, 6.07) is 10.7. The largest absolute Gasteiger partial charge is 0.508 e. The van der Waals surface area contributed by atoms with Crippen LogP contribution in [0.4, 0.5) is 0 Å². The molecule has 0 aliphatic rings. The van der Waals surface area contributed by atoms with Gasteiger partial charge in [-0.05, 0) is 37.6 Å². The van der Waals surface area contributed by atoms with E-state index < -0.39 is 5.91 Å². The van der Waals surface area contributed by atoms with Crippen LogP contribution < -0.4 is 10.2 Å². The van der Waals surface area contributed by atoms with Gasteiger partial charge in [-0.3, -0.25) is 9.78 Å². The molecule has 0 fully saturated rings. The van der Waals surface area contributed by atoms with E-state index in [0.29, 0.717) is 28.0 Å². The number of carbonyl (C=O) groups is 1. The van der Waals surface area contributed by atoms with E-state index in [0.717, 1.165) is 5.39 Å². The number of para-hydroxylation sites is 1. The highest BCUT2D eigenvalue weighted by atomic mass is 16.5. The Balaban J connectivity index is 1.64. The monoisotopic (exact) mass is 365 g/mol. The van der Waals surface area contributed by atoms with Gasteiger partial charge >= 0.3 is 0 Å². The average molecular weight is 365 g/mol. The molecule has 2 aromatic carbocycles. The van der Waals surface area contributed by atoms with Crippen molar-refractivity contribution in [3.05, 3.63) is 59.3 Å².